The number of aliphatic hydroxyl groups excluding tert-OH is 1. The fourth-order valence-electron chi connectivity index (χ4n) is 4.37. The molecule has 0 bridgehead atoms. The third kappa shape index (κ3) is 6.41. The summed E-state index contributed by atoms with van der Waals surface area (Å²) in [5, 5.41) is 9.86. The van der Waals surface area contributed by atoms with E-state index in [2.05, 4.69) is 16.8 Å². The lowest BCUT2D eigenvalue weighted by Crippen LogP contribution is -2.50. The van der Waals surface area contributed by atoms with Crippen molar-refractivity contribution >= 4 is 11.8 Å². The quantitative estimate of drug-likeness (QED) is 0.582. The number of nitrogens with zero attached hydrogens (tertiary/aromatic N) is 3. The molecule has 1 N–H and O–H groups in total. The van der Waals surface area contributed by atoms with Crippen molar-refractivity contribution in [1.29, 1.82) is 0 Å². The first-order chi connectivity index (χ1) is 17.8. The summed E-state index contributed by atoms with van der Waals surface area (Å²) in [6.45, 7) is 4.41. The molecule has 1 aliphatic carbocycles. The topological polar surface area (TPSA) is 92.2 Å². The zero-order valence-electron chi connectivity index (χ0n) is 21.9. The third-order valence-corrected chi connectivity index (χ3v) is 7.01. The van der Waals surface area contributed by atoms with Crippen LogP contribution < -0.4 is 9.47 Å². The molecule has 2 aliphatic rings. The summed E-state index contributed by atoms with van der Waals surface area (Å²) in [6, 6.07) is 8.74. The molecule has 0 unspecified atom stereocenters. The van der Waals surface area contributed by atoms with Crippen LogP contribution in [-0.2, 0) is 4.79 Å². The zero-order valence-corrected chi connectivity index (χ0v) is 21.9. The van der Waals surface area contributed by atoms with Crippen LogP contribution >= 0.6 is 0 Å². The molecule has 196 valence electrons. The summed E-state index contributed by atoms with van der Waals surface area (Å²) in [4.78, 5) is 34.1. The van der Waals surface area contributed by atoms with Crippen molar-refractivity contribution in [2.75, 3.05) is 33.9 Å². The van der Waals surface area contributed by atoms with E-state index in [1.165, 1.54) is 0 Å². The second kappa shape index (κ2) is 11.7. The number of aromatic nitrogens is 1. The van der Waals surface area contributed by atoms with Crippen molar-refractivity contribution < 1.29 is 24.2 Å². The maximum atomic E-state index is 13.6. The van der Waals surface area contributed by atoms with Crippen molar-refractivity contribution in [3.63, 3.8) is 0 Å². The molecule has 8 nitrogen and oxygen atoms in total. The molecule has 2 aromatic rings. The molecular formula is C29H35N3O5. The van der Waals surface area contributed by atoms with Crippen molar-refractivity contribution in [2.45, 2.75) is 45.3 Å². The van der Waals surface area contributed by atoms with Crippen LogP contribution in [-0.4, -0.2) is 77.7 Å². The molecule has 1 aliphatic heterocycles. The van der Waals surface area contributed by atoms with Gasteiger partial charge in [0.2, 0.25) is 11.8 Å². The maximum Gasteiger partial charge on any atom is 0.259 e. The van der Waals surface area contributed by atoms with E-state index in [0.717, 1.165) is 18.4 Å². The van der Waals surface area contributed by atoms with Gasteiger partial charge in [-0.25, -0.2) is 4.98 Å². The van der Waals surface area contributed by atoms with Crippen LogP contribution in [0.25, 0.3) is 0 Å². The number of amides is 2. The molecular weight excluding hydrogens is 470 g/mol. The van der Waals surface area contributed by atoms with Gasteiger partial charge in [0, 0.05) is 37.7 Å². The molecule has 1 saturated carbocycles. The van der Waals surface area contributed by atoms with Gasteiger partial charge in [-0.2, -0.15) is 0 Å². The Morgan fingerprint density at radius 3 is 2.78 bits per heavy atom. The fourth-order valence-corrected chi connectivity index (χ4v) is 4.37. The van der Waals surface area contributed by atoms with Crippen molar-refractivity contribution in [1.82, 2.24) is 14.8 Å². The van der Waals surface area contributed by atoms with E-state index in [9.17, 15) is 14.7 Å². The summed E-state index contributed by atoms with van der Waals surface area (Å²) in [5.41, 5.74) is 1.57. The molecule has 1 fully saturated rings. The number of carbonyl (C=O) groups is 2. The number of hydrogen-bond donors (Lipinski definition) is 1. The number of hydrogen-bond acceptors (Lipinski definition) is 6. The summed E-state index contributed by atoms with van der Waals surface area (Å²) in [5.74, 6) is 7.27. The van der Waals surface area contributed by atoms with Gasteiger partial charge in [-0.3, -0.25) is 9.59 Å². The first-order valence-corrected chi connectivity index (χ1v) is 12.8. The number of benzene rings is 1. The van der Waals surface area contributed by atoms with Crippen LogP contribution in [0.15, 0.2) is 36.5 Å². The predicted octanol–water partition coefficient (Wildman–Crippen LogP) is 2.97. The minimum Gasteiger partial charge on any atom is -0.495 e. The van der Waals surface area contributed by atoms with Crippen molar-refractivity contribution in [3.05, 3.63) is 53.2 Å². The smallest absolute Gasteiger partial charge is 0.259 e. The highest BCUT2D eigenvalue weighted by Gasteiger charge is 2.35. The Morgan fingerprint density at radius 2 is 2.08 bits per heavy atom. The molecule has 37 heavy (non-hydrogen) atoms. The average Bonchev–Trinajstić information content (AvgIpc) is 3.73. The highest BCUT2D eigenvalue weighted by Crippen LogP contribution is 2.33. The number of fused-ring (bicyclic) bond motifs is 1. The normalized spacial score (nSPS) is 19.9. The van der Waals surface area contributed by atoms with E-state index < -0.39 is 0 Å². The first-order valence-electron chi connectivity index (χ1n) is 12.8. The Bertz CT molecular complexity index is 1200. The minimum absolute atomic E-state index is 0.0888. The van der Waals surface area contributed by atoms with Crippen LogP contribution in [0.1, 0.15) is 54.6 Å². The Labute approximate surface area is 218 Å². The number of ether oxygens (including phenoxy) is 2. The van der Waals surface area contributed by atoms with E-state index in [4.69, 9.17) is 9.47 Å². The number of para-hydroxylation sites is 1. The number of rotatable bonds is 7. The number of aliphatic hydroxyl groups is 1. The van der Waals surface area contributed by atoms with Gasteiger partial charge in [0.25, 0.3) is 5.91 Å². The van der Waals surface area contributed by atoms with Gasteiger partial charge >= 0.3 is 0 Å². The second-order valence-electron chi connectivity index (χ2n) is 10.1. The Kier molecular flexibility index (Phi) is 8.34. The van der Waals surface area contributed by atoms with Gasteiger partial charge in [-0.05, 0) is 43.9 Å². The molecule has 1 aromatic heterocycles. The monoisotopic (exact) mass is 505 g/mol. The molecule has 1 aromatic carbocycles. The Morgan fingerprint density at radius 1 is 1.32 bits per heavy atom. The summed E-state index contributed by atoms with van der Waals surface area (Å²) in [7, 11) is 3.39. The molecule has 3 atom stereocenters. The predicted molar refractivity (Wildman–Crippen MR) is 139 cm³/mol. The van der Waals surface area contributed by atoms with Gasteiger partial charge in [-0.15, -0.1) is 0 Å². The number of methoxy groups -OCH3 is 1. The van der Waals surface area contributed by atoms with Crippen molar-refractivity contribution in [3.8, 4) is 23.5 Å². The number of pyridine rings is 1. The lowest BCUT2D eigenvalue weighted by Gasteiger charge is -2.37. The van der Waals surface area contributed by atoms with Crippen LogP contribution in [0.5, 0.6) is 11.6 Å². The zero-order chi connectivity index (χ0) is 26.5. The second-order valence-corrected chi connectivity index (χ2v) is 10.1. The summed E-state index contributed by atoms with van der Waals surface area (Å²) in [6.07, 6.45) is 4.01. The first kappa shape index (κ1) is 26.5. The summed E-state index contributed by atoms with van der Waals surface area (Å²) < 4.78 is 11.7. The highest BCUT2D eigenvalue weighted by atomic mass is 16.5. The molecule has 0 spiro atoms. The van der Waals surface area contributed by atoms with E-state index in [0.29, 0.717) is 36.7 Å². The van der Waals surface area contributed by atoms with E-state index in [1.54, 1.807) is 36.2 Å². The Balaban J connectivity index is 1.64. The van der Waals surface area contributed by atoms with Gasteiger partial charge < -0.3 is 24.4 Å². The fraction of sp³-hybridized carbons (Fsp3) is 0.483. The molecule has 2 amide bonds. The van der Waals surface area contributed by atoms with Gasteiger partial charge in [0.1, 0.15) is 17.4 Å². The van der Waals surface area contributed by atoms with Gasteiger partial charge in [-0.1, -0.05) is 30.9 Å². The van der Waals surface area contributed by atoms with Crippen LogP contribution in [0.4, 0.5) is 0 Å². The van der Waals surface area contributed by atoms with Gasteiger partial charge in [0.05, 0.1) is 31.9 Å². The molecule has 8 heteroatoms. The third-order valence-electron chi connectivity index (χ3n) is 7.01. The summed E-state index contributed by atoms with van der Waals surface area (Å²) >= 11 is 0. The molecule has 0 saturated heterocycles. The van der Waals surface area contributed by atoms with E-state index in [-0.39, 0.29) is 47.9 Å². The minimum atomic E-state index is -0.390. The standard InChI is InChI=1S/C29H35N3O5/c1-19-16-32(20(2)18-33)29(35)24-13-22(11-12-23-7-5-6-8-25(23)36-4)15-30-28(24)37-26(19)17-31(3)27(34)14-21-9-10-21/h5-8,13,15,19-21,26,33H,9-10,14,16-18H2,1-4H3/t19-,20+,26+/m1/s1. The number of likely N-dealkylation sites (N-methyl/N-ethyl adjacent to an activating group) is 1. The largest absolute Gasteiger partial charge is 0.495 e. The van der Waals surface area contributed by atoms with Crippen LogP contribution in [0, 0.1) is 23.7 Å². The van der Waals surface area contributed by atoms with Crippen LogP contribution in [0.3, 0.4) is 0 Å². The van der Waals surface area contributed by atoms with Crippen LogP contribution in [0.2, 0.25) is 0 Å². The van der Waals surface area contributed by atoms with E-state index in [1.807, 2.05) is 38.1 Å². The lowest BCUT2D eigenvalue weighted by atomic mass is 9.99. The highest BCUT2D eigenvalue weighted by molar-refractivity contribution is 5.97. The van der Waals surface area contributed by atoms with Gasteiger partial charge in [0.15, 0.2) is 0 Å². The maximum absolute atomic E-state index is 13.6. The van der Waals surface area contributed by atoms with Crippen molar-refractivity contribution in [2.24, 2.45) is 11.8 Å². The lowest BCUT2D eigenvalue weighted by molar-refractivity contribution is -0.131. The average molecular weight is 506 g/mol. The molecule has 4 rings (SSSR count). The van der Waals surface area contributed by atoms with E-state index >= 15 is 0 Å². The molecule has 0 radical (unpaired) electrons. The number of carbonyl (C=O) groups excluding carboxylic acids is 2. The molecule has 2 heterocycles. The Hall–Kier alpha value is -3.57. The SMILES string of the molecule is COc1ccccc1C#Cc1cnc2c(c1)C(=O)N([C@@H](C)CO)C[C@@H](C)[C@H](CN(C)C(=O)CC1CC1)O2.